The van der Waals surface area contributed by atoms with E-state index in [1.54, 1.807) is 24.4 Å². The molecule has 31 heavy (non-hydrogen) atoms. The van der Waals surface area contributed by atoms with Crippen LogP contribution in [-0.4, -0.2) is 16.9 Å². The van der Waals surface area contributed by atoms with E-state index in [-0.39, 0.29) is 5.90 Å². The minimum atomic E-state index is -0.398. The molecule has 3 aromatic rings. The molecular formula is C24H24ClN3O3. The number of nitrogens with one attached hydrogen (secondary N) is 2. The molecule has 1 heterocycles. The Hall–Kier alpha value is -3.38. The molecule has 0 atom stereocenters. The number of halogens is 1. The van der Waals surface area contributed by atoms with Gasteiger partial charge in [0, 0.05) is 46.6 Å². The SMILES string of the molecule is CCc1nc2c(C)cc(OC(=N)/C=C\Nc3ccc(Cl)cc3)cc2c(OC(C)=O)c1C. The minimum absolute atomic E-state index is 0.0518. The Morgan fingerprint density at radius 2 is 1.90 bits per heavy atom. The van der Waals surface area contributed by atoms with Crippen molar-refractivity contribution in [3.8, 4) is 11.5 Å². The molecule has 0 aliphatic carbocycles. The lowest BCUT2D eigenvalue weighted by atomic mass is 10.0. The van der Waals surface area contributed by atoms with Gasteiger partial charge < -0.3 is 14.8 Å². The number of fused-ring (bicyclic) bond motifs is 1. The van der Waals surface area contributed by atoms with E-state index in [0.29, 0.717) is 21.9 Å². The molecule has 0 aliphatic rings. The molecule has 0 bridgehead atoms. The van der Waals surface area contributed by atoms with E-state index in [0.717, 1.165) is 34.4 Å². The lowest BCUT2D eigenvalue weighted by Crippen LogP contribution is -2.08. The van der Waals surface area contributed by atoms with Gasteiger partial charge in [0.2, 0.25) is 5.90 Å². The number of ether oxygens (including phenoxy) is 2. The number of anilines is 1. The molecule has 0 aliphatic heterocycles. The van der Waals surface area contributed by atoms with Crippen LogP contribution in [0.3, 0.4) is 0 Å². The Balaban J connectivity index is 1.86. The van der Waals surface area contributed by atoms with Crippen LogP contribution >= 0.6 is 11.6 Å². The highest BCUT2D eigenvalue weighted by molar-refractivity contribution is 6.30. The van der Waals surface area contributed by atoms with E-state index in [9.17, 15) is 4.79 Å². The quantitative estimate of drug-likeness (QED) is 0.281. The molecule has 0 amide bonds. The van der Waals surface area contributed by atoms with Crippen molar-refractivity contribution in [1.29, 1.82) is 5.41 Å². The van der Waals surface area contributed by atoms with E-state index in [1.165, 1.54) is 13.0 Å². The van der Waals surface area contributed by atoms with Crippen LogP contribution in [0.1, 0.15) is 30.7 Å². The van der Waals surface area contributed by atoms with Crippen LogP contribution in [-0.2, 0) is 11.2 Å². The molecule has 7 heteroatoms. The van der Waals surface area contributed by atoms with Crippen LogP contribution in [0.4, 0.5) is 5.69 Å². The molecule has 2 N–H and O–H groups in total. The topological polar surface area (TPSA) is 84.3 Å². The fourth-order valence-electron chi connectivity index (χ4n) is 3.22. The van der Waals surface area contributed by atoms with Crippen LogP contribution < -0.4 is 14.8 Å². The lowest BCUT2D eigenvalue weighted by Gasteiger charge is -2.15. The number of hydrogen-bond acceptors (Lipinski definition) is 6. The summed E-state index contributed by atoms with van der Waals surface area (Å²) >= 11 is 5.87. The van der Waals surface area contributed by atoms with Gasteiger partial charge in [0.25, 0.3) is 0 Å². The summed E-state index contributed by atoms with van der Waals surface area (Å²) < 4.78 is 11.2. The predicted molar refractivity (Wildman–Crippen MR) is 124 cm³/mol. The number of pyridine rings is 1. The molecule has 2 aromatic carbocycles. The first kappa shape index (κ1) is 22.3. The van der Waals surface area contributed by atoms with Gasteiger partial charge in [-0.15, -0.1) is 0 Å². The molecule has 0 radical (unpaired) electrons. The van der Waals surface area contributed by atoms with Gasteiger partial charge in [-0.05, 0) is 62.2 Å². The third kappa shape index (κ3) is 5.41. The molecule has 1 aromatic heterocycles. The van der Waals surface area contributed by atoms with Crippen molar-refractivity contribution in [1.82, 2.24) is 4.98 Å². The number of hydrogen-bond donors (Lipinski definition) is 2. The van der Waals surface area contributed by atoms with E-state index in [1.807, 2.05) is 39.0 Å². The molecule has 160 valence electrons. The number of carbonyl (C=O) groups excluding carboxylic acids is 1. The van der Waals surface area contributed by atoms with Crippen LogP contribution in [0.15, 0.2) is 48.7 Å². The normalized spacial score (nSPS) is 11.0. The van der Waals surface area contributed by atoms with Gasteiger partial charge in [0.15, 0.2) is 0 Å². The maximum atomic E-state index is 11.7. The van der Waals surface area contributed by atoms with Crippen LogP contribution in [0.25, 0.3) is 10.9 Å². The highest BCUT2D eigenvalue weighted by Crippen LogP contribution is 2.35. The number of esters is 1. The minimum Gasteiger partial charge on any atom is -0.440 e. The Labute approximate surface area is 186 Å². The van der Waals surface area contributed by atoms with E-state index in [2.05, 4.69) is 5.32 Å². The third-order valence-electron chi connectivity index (χ3n) is 4.68. The third-order valence-corrected chi connectivity index (χ3v) is 4.93. The average Bonchev–Trinajstić information content (AvgIpc) is 2.71. The van der Waals surface area contributed by atoms with E-state index >= 15 is 0 Å². The summed E-state index contributed by atoms with van der Waals surface area (Å²) in [5.41, 5.74) is 4.16. The number of carbonyl (C=O) groups is 1. The Kier molecular flexibility index (Phi) is 6.92. The molecule has 0 saturated heterocycles. The predicted octanol–water partition coefficient (Wildman–Crippen LogP) is 5.97. The highest BCUT2D eigenvalue weighted by Gasteiger charge is 2.17. The smallest absolute Gasteiger partial charge is 0.308 e. The van der Waals surface area contributed by atoms with Gasteiger partial charge in [-0.25, -0.2) is 0 Å². The van der Waals surface area contributed by atoms with Gasteiger partial charge in [-0.2, -0.15) is 0 Å². The Morgan fingerprint density at radius 1 is 1.19 bits per heavy atom. The zero-order valence-corrected chi connectivity index (χ0v) is 18.6. The van der Waals surface area contributed by atoms with Crippen LogP contribution in [0.5, 0.6) is 11.5 Å². The summed E-state index contributed by atoms with van der Waals surface area (Å²) in [6, 6.07) is 10.8. The number of benzene rings is 2. The molecule has 0 spiro atoms. The highest BCUT2D eigenvalue weighted by atomic mass is 35.5. The first-order chi connectivity index (χ1) is 14.8. The Bertz CT molecular complexity index is 1170. The number of aromatic nitrogens is 1. The summed E-state index contributed by atoms with van der Waals surface area (Å²) in [4.78, 5) is 16.4. The van der Waals surface area contributed by atoms with Crippen molar-refractivity contribution in [3.63, 3.8) is 0 Å². The van der Waals surface area contributed by atoms with Gasteiger partial charge in [0.1, 0.15) is 11.5 Å². The average molecular weight is 438 g/mol. The monoisotopic (exact) mass is 437 g/mol. The van der Waals surface area contributed by atoms with Crippen molar-refractivity contribution in [2.24, 2.45) is 0 Å². The summed E-state index contributed by atoms with van der Waals surface area (Å²) in [7, 11) is 0. The van der Waals surface area contributed by atoms with Crippen LogP contribution in [0, 0.1) is 19.3 Å². The second-order valence-corrected chi connectivity index (χ2v) is 7.48. The van der Waals surface area contributed by atoms with Crippen LogP contribution in [0.2, 0.25) is 5.02 Å². The standard InChI is InChI=1S/C24H24ClN3O3/c1-5-21-15(3)24(30-16(4)29)20-13-19(12-14(2)23(20)28-21)31-22(26)10-11-27-18-8-6-17(25)7-9-18/h6-13,26-27H,5H2,1-4H3/b11-10-,26-22?. The van der Waals surface area contributed by atoms with Gasteiger partial charge in [-0.1, -0.05) is 18.5 Å². The molecular weight excluding hydrogens is 414 g/mol. The van der Waals surface area contributed by atoms with Gasteiger partial charge in [-0.3, -0.25) is 15.2 Å². The maximum absolute atomic E-state index is 11.7. The van der Waals surface area contributed by atoms with Crippen molar-refractivity contribution >= 4 is 40.1 Å². The molecule has 3 rings (SSSR count). The largest absolute Gasteiger partial charge is 0.440 e. The second-order valence-electron chi connectivity index (χ2n) is 7.05. The van der Waals surface area contributed by atoms with Crippen molar-refractivity contribution in [2.75, 3.05) is 5.32 Å². The Morgan fingerprint density at radius 3 is 2.55 bits per heavy atom. The first-order valence-electron chi connectivity index (χ1n) is 9.85. The molecule has 0 fully saturated rings. The zero-order valence-electron chi connectivity index (χ0n) is 17.9. The molecule has 6 nitrogen and oxygen atoms in total. The van der Waals surface area contributed by atoms with Crippen molar-refractivity contribution in [2.45, 2.75) is 34.1 Å². The number of rotatable bonds is 6. The zero-order chi connectivity index (χ0) is 22.5. The van der Waals surface area contributed by atoms with Crippen molar-refractivity contribution in [3.05, 3.63) is 70.5 Å². The maximum Gasteiger partial charge on any atom is 0.308 e. The van der Waals surface area contributed by atoms with E-state index in [4.69, 9.17) is 31.5 Å². The van der Waals surface area contributed by atoms with E-state index < -0.39 is 5.97 Å². The first-order valence-corrected chi connectivity index (χ1v) is 10.2. The lowest BCUT2D eigenvalue weighted by molar-refractivity contribution is -0.131. The van der Waals surface area contributed by atoms with Crippen molar-refractivity contribution < 1.29 is 14.3 Å². The fraction of sp³-hybridized carbons (Fsp3) is 0.208. The van der Waals surface area contributed by atoms with Gasteiger partial charge >= 0.3 is 5.97 Å². The summed E-state index contributed by atoms with van der Waals surface area (Å²) in [6.45, 7) is 7.19. The number of aryl methyl sites for hydroxylation is 2. The fourth-order valence-corrected chi connectivity index (χ4v) is 3.34. The molecule has 0 saturated carbocycles. The second kappa shape index (κ2) is 9.62. The summed E-state index contributed by atoms with van der Waals surface area (Å²) in [5.74, 6) is 0.494. The summed E-state index contributed by atoms with van der Waals surface area (Å²) in [5, 5.41) is 12.5. The molecule has 0 unspecified atom stereocenters. The van der Waals surface area contributed by atoms with Gasteiger partial charge in [0.05, 0.1) is 5.52 Å². The number of nitrogens with zero attached hydrogens (tertiary/aromatic N) is 1. The summed E-state index contributed by atoms with van der Waals surface area (Å²) in [6.07, 6.45) is 3.84.